The van der Waals surface area contributed by atoms with Crippen molar-refractivity contribution in [1.29, 1.82) is 0 Å². The smallest absolute Gasteiger partial charge is 0.291 e. The van der Waals surface area contributed by atoms with Crippen molar-refractivity contribution in [2.75, 3.05) is 5.73 Å². The first kappa shape index (κ1) is 11.2. The summed E-state index contributed by atoms with van der Waals surface area (Å²) in [6.07, 6.45) is 0. The number of sulfonamides is 1. The minimum atomic E-state index is -4.27. The molecule has 15 heavy (non-hydrogen) atoms. The zero-order valence-corrected chi connectivity index (χ0v) is 8.06. The fourth-order valence-corrected chi connectivity index (χ4v) is 1.65. The highest BCUT2D eigenvalue weighted by Crippen LogP contribution is 2.31. The van der Waals surface area contributed by atoms with Gasteiger partial charge in [0.25, 0.3) is 5.69 Å². The molecule has 0 unspecified atom stereocenters. The summed E-state index contributed by atoms with van der Waals surface area (Å²) in [5, 5.41) is 24.3. The van der Waals surface area contributed by atoms with Gasteiger partial charge in [0.1, 0.15) is 5.75 Å². The number of primary sulfonamides is 1. The van der Waals surface area contributed by atoms with Gasteiger partial charge in [0.15, 0.2) is 4.90 Å². The minimum absolute atomic E-state index is 0.297. The summed E-state index contributed by atoms with van der Waals surface area (Å²) >= 11 is 0. The number of hydrogen-bond acceptors (Lipinski definition) is 6. The lowest BCUT2D eigenvalue weighted by Crippen LogP contribution is -2.14. The van der Waals surface area contributed by atoms with Crippen LogP contribution in [0.25, 0.3) is 0 Å². The van der Waals surface area contributed by atoms with Crippen molar-refractivity contribution >= 4 is 21.4 Å². The maximum Gasteiger partial charge on any atom is 0.291 e. The van der Waals surface area contributed by atoms with Crippen LogP contribution in [0.3, 0.4) is 0 Å². The van der Waals surface area contributed by atoms with E-state index in [2.05, 4.69) is 0 Å². The number of nitro groups is 1. The van der Waals surface area contributed by atoms with Crippen molar-refractivity contribution in [2.45, 2.75) is 4.90 Å². The van der Waals surface area contributed by atoms with Crippen molar-refractivity contribution in [3.63, 3.8) is 0 Å². The van der Waals surface area contributed by atoms with Gasteiger partial charge >= 0.3 is 0 Å². The molecule has 1 aromatic rings. The van der Waals surface area contributed by atoms with Crippen LogP contribution in [0.15, 0.2) is 17.0 Å². The van der Waals surface area contributed by atoms with Gasteiger partial charge in [-0.25, -0.2) is 13.6 Å². The van der Waals surface area contributed by atoms with Crippen molar-refractivity contribution in [3.05, 3.63) is 22.2 Å². The SMILES string of the molecule is Nc1cc([N+](=O)[O-])c(S(N)(=O)=O)cc1O. The number of nitrogens with two attached hydrogens (primary N) is 2. The number of hydrogen-bond donors (Lipinski definition) is 3. The monoisotopic (exact) mass is 233 g/mol. The summed E-state index contributed by atoms with van der Waals surface area (Å²) in [4.78, 5) is 8.75. The van der Waals surface area contributed by atoms with E-state index in [-0.39, 0.29) is 5.69 Å². The Balaban J connectivity index is 3.64. The quantitative estimate of drug-likeness (QED) is 0.272. The maximum absolute atomic E-state index is 10.9. The molecule has 5 N–H and O–H groups in total. The third-order valence-electron chi connectivity index (χ3n) is 1.61. The van der Waals surface area contributed by atoms with E-state index in [9.17, 15) is 18.5 Å². The molecule has 0 spiro atoms. The molecule has 1 aromatic carbocycles. The van der Waals surface area contributed by atoms with Gasteiger partial charge in [0.2, 0.25) is 10.0 Å². The molecule has 9 heteroatoms. The molecule has 0 fully saturated rings. The summed E-state index contributed by atoms with van der Waals surface area (Å²) in [6.45, 7) is 0. The molecule has 0 amide bonds. The highest BCUT2D eigenvalue weighted by molar-refractivity contribution is 7.89. The number of nitrogen functional groups attached to an aromatic ring is 1. The average Bonchev–Trinajstić information content (AvgIpc) is 2.06. The molecular formula is C6H7N3O5S. The zero-order valence-electron chi connectivity index (χ0n) is 7.25. The molecule has 0 heterocycles. The van der Waals surface area contributed by atoms with Gasteiger partial charge < -0.3 is 10.8 Å². The third-order valence-corrected chi connectivity index (χ3v) is 2.55. The molecule has 0 bridgehead atoms. The normalized spacial score (nSPS) is 11.3. The Labute approximate surface area is 84.3 Å². The molecule has 8 nitrogen and oxygen atoms in total. The number of phenols is 1. The Morgan fingerprint density at radius 3 is 2.33 bits per heavy atom. The van der Waals surface area contributed by atoms with Crippen LogP contribution < -0.4 is 10.9 Å². The Hall–Kier alpha value is -1.87. The minimum Gasteiger partial charge on any atom is -0.506 e. The predicted molar refractivity (Wildman–Crippen MR) is 50.5 cm³/mol. The van der Waals surface area contributed by atoms with Crippen molar-refractivity contribution in [3.8, 4) is 5.75 Å². The van der Waals surface area contributed by atoms with Crippen LogP contribution in [-0.2, 0) is 10.0 Å². The van der Waals surface area contributed by atoms with Crippen LogP contribution in [0.4, 0.5) is 11.4 Å². The molecule has 0 aliphatic heterocycles. The topological polar surface area (TPSA) is 150 Å². The molecule has 0 radical (unpaired) electrons. The van der Waals surface area contributed by atoms with Crippen LogP contribution in [0, 0.1) is 10.1 Å². The van der Waals surface area contributed by atoms with Crippen LogP contribution in [0.2, 0.25) is 0 Å². The van der Waals surface area contributed by atoms with Gasteiger partial charge in [-0.15, -0.1) is 0 Å². The first-order valence-corrected chi connectivity index (χ1v) is 5.08. The van der Waals surface area contributed by atoms with E-state index in [1.165, 1.54) is 0 Å². The lowest BCUT2D eigenvalue weighted by molar-refractivity contribution is -0.387. The Morgan fingerprint density at radius 2 is 1.93 bits per heavy atom. The van der Waals surface area contributed by atoms with E-state index < -0.39 is 31.3 Å². The molecule has 0 atom stereocenters. The fraction of sp³-hybridized carbons (Fsp3) is 0. The van der Waals surface area contributed by atoms with Crippen molar-refractivity contribution in [1.82, 2.24) is 0 Å². The molecule has 0 aliphatic rings. The van der Waals surface area contributed by atoms with Gasteiger partial charge in [0, 0.05) is 12.1 Å². The van der Waals surface area contributed by atoms with Gasteiger partial charge in [0.05, 0.1) is 10.6 Å². The Kier molecular flexibility index (Phi) is 2.51. The zero-order chi connectivity index (χ0) is 11.8. The first-order chi connectivity index (χ1) is 6.73. The molecule has 0 aliphatic carbocycles. The second kappa shape index (κ2) is 3.37. The van der Waals surface area contributed by atoms with Crippen molar-refractivity contribution < 1.29 is 18.4 Å². The largest absolute Gasteiger partial charge is 0.506 e. The Morgan fingerprint density at radius 1 is 1.40 bits per heavy atom. The summed E-state index contributed by atoms with van der Waals surface area (Å²) < 4.78 is 21.9. The molecule has 0 saturated carbocycles. The number of benzene rings is 1. The standard InChI is InChI=1S/C6H7N3O5S/c7-3-1-4(9(11)12)6(2-5(3)10)15(8,13)14/h1-2,10H,7H2,(H2,8,13,14). The average molecular weight is 233 g/mol. The summed E-state index contributed by atoms with van der Waals surface area (Å²) in [7, 11) is -4.27. The van der Waals surface area contributed by atoms with E-state index in [0.717, 1.165) is 6.07 Å². The number of nitrogens with zero attached hydrogens (tertiary/aromatic N) is 1. The Bertz CT molecular complexity index is 524. The van der Waals surface area contributed by atoms with E-state index >= 15 is 0 Å². The van der Waals surface area contributed by atoms with E-state index in [4.69, 9.17) is 16.0 Å². The highest BCUT2D eigenvalue weighted by atomic mass is 32.2. The van der Waals surface area contributed by atoms with Crippen LogP contribution >= 0.6 is 0 Å². The predicted octanol–water partition coefficient (Wildman–Crippen LogP) is -0.470. The number of phenolic OH excluding ortho intramolecular Hbond substituents is 1. The number of aromatic hydroxyl groups is 1. The molecule has 82 valence electrons. The first-order valence-electron chi connectivity index (χ1n) is 3.53. The molecule has 1 rings (SSSR count). The fourth-order valence-electron chi connectivity index (χ4n) is 0.944. The second-order valence-corrected chi connectivity index (χ2v) is 4.21. The number of nitro benzene ring substituents is 1. The lowest BCUT2D eigenvalue weighted by atomic mass is 10.2. The summed E-state index contributed by atoms with van der Waals surface area (Å²) in [5.41, 5.74) is 4.11. The summed E-state index contributed by atoms with van der Waals surface area (Å²) in [6, 6.07) is 1.37. The maximum atomic E-state index is 10.9. The van der Waals surface area contributed by atoms with Gasteiger partial charge in [-0.1, -0.05) is 0 Å². The van der Waals surface area contributed by atoms with Crippen LogP contribution in [0.1, 0.15) is 0 Å². The number of rotatable bonds is 2. The van der Waals surface area contributed by atoms with Gasteiger partial charge in [-0.3, -0.25) is 10.1 Å². The molecular weight excluding hydrogens is 226 g/mol. The highest BCUT2D eigenvalue weighted by Gasteiger charge is 2.24. The summed E-state index contributed by atoms with van der Waals surface area (Å²) in [5.74, 6) is -0.579. The van der Waals surface area contributed by atoms with E-state index in [1.54, 1.807) is 0 Å². The molecule has 0 saturated heterocycles. The van der Waals surface area contributed by atoms with Crippen molar-refractivity contribution in [2.24, 2.45) is 5.14 Å². The van der Waals surface area contributed by atoms with Crippen LogP contribution in [0.5, 0.6) is 5.75 Å². The number of anilines is 1. The molecule has 0 aromatic heterocycles. The third kappa shape index (κ3) is 2.14. The van der Waals surface area contributed by atoms with Crippen LogP contribution in [-0.4, -0.2) is 18.4 Å². The van der Waals surface area contributed by atoms with E-state index in [0.29, 0.717) is 6.07 Å². The van der Waals surface area contributed by atoms with Gasteiger partial charge in [-0.05, 0) is 0 Å². The van der Waals surface area contributed by atoms with Gasteiger partial charge in [-0.2, -0.15) is 0 Å². The second-order valence-electron chi connectivity index (χ2n) is 2.68. The lowest BCUT2D eigenvalue weighted by Gasteiger charge is -2.03. The van der Waals surface area contributed by atoms with E-state index in [1.807, 2.05) is 0 Å².